The van der Waals surface area contributed by atoms with Crippen molar-refractivity contribution in [2.75, 3.05) is 6.54 Å². The number of nitrogens with zero attached hydrogens (tertiary/aromatic N) is 1. The van der Waals surface area contributed by atoms with Gasteiger partial charge in [-0.1, -0.05) is 18.2 Å². The zero-order valence-corrected chi connectivity index (χ0v) is 17.1. The summed E-state index contributed by atoms with van der Waals surface area (Å²) < 4.78 is 46.2. The maximum Gasteiger partial charge on any atom is 1.00 e. The molecule has 1 saturated heterocycles. The Hall–Kier alpha value is -0.780. The summed E-state index contributed by atoms with van der Waals surface area (Å²) >= 11 is 0. The first kappa shape index (κ1) is 22.3. The van der Waals surface area contributed by atoms with E-state index in [0.717, 1.165) is 0 Å². The van der Waals surface area contributed by atoms with E-state index in [9.17, 15) is 27.1 Å². The summed E-state index contributed by atoms with van der Waals surface area (Å²) in [7, 11) is -9.52. The summed E-state index contributed by atoms with van der Waals surface area (Å²) in [5.41, 5.74) is 5.66. The second-order valence-electron chi connectivity index (χ2n) is 5.16. The van der Waals surface area contributed by atoms with Crippen molar-refractivity contribution in [3.8, 4) is 0 Å². The predicted molar refractivity (Wildman–Crippen MR) is 83.3 cm³/mol. The summed E-state index contributed by atoms with van der Waals surface area (Å²) in [5, 5.41) is 2.49. The fourth-order valence-electron chi connectivity index (χ4n) is 2.33. The first-order chi connectivity index (χ1) is 11.1. The number of nitrogens with two attached hydrogens (primary N) is 1. The summed E-state index contributed by atoms with van der Waals surface area (Å²) in [4.78, 5) is 24.4. The first-order valence-corrected chi connectivity index (χ1v) is 10.0. The van der Waals surface area contributed by atoms with Gasteiger partial charge in [0, 0.05) is 12.1 Å². The summed E-state index contributed by atoms with van der Waals surface area (Å²) in [6.07, 6.45) is 0.602. The number of amides is 2. The molecular formula is C12H16N4NaO6PS. The van der Waals surface area contributed by atoms with E-state index in [4.69, 9.17) is 5.50 Å². The van der Waals surface area contributed by atoms with Gasteiger partial charge in [0.2, 0.25) is 0 Å². The number of hydrogen-bond acceptors (Lipinski definition) is 6. The van der Waals surface area contributed by atoms with E-state index in [1.54, 1.807) is 30.3 Å². The molecule has 1 aromatic carbocycles. The van der Waals surface area contributed by atoms with Gasteiger partial charge < -0.3 is 9.87 Å². The molecular weight excluding hydrogens is 382 g/mol. The third-order valence-electron chi connectivity index (χ3n) is 3.36. The normalized spacial score (nSPS) is 20.3. The zero-order valence-electron chi connectivity index (χ0n) is 13.4. The van der Waals surface area contributed by atoms with Gasteiger partial charge in [0.05, 0.1) is 0 Å². The van der Waals surface area contributed by atoms with E-state index in [0.29, 0.717) is 16.7 Å². The number of hydrogen-bond donors (Lipinski definition) is 3. The molecule has 4 N–H and O–H groups in total. The second-order valence-corrected chi connectivity index (χ2v) is 8.53. The van der Waals surface area contributed by atoms with Crippen LogP contribution in [0.15, 0.2) is 30.3 Å². The molecule has 1 aliphatic heterocycles. The molecule has 0 saturated carbocycles. The molecule has 0 radical (unpaired) electrons. The molecule has 132 valence electrons. The van der Waals surface area contributed by atoms with Crippen molar-refractivity contribution < 1.29 is 56.7 Å². The molecule has 0 bridgehead atoms. The van der Waals surface area contributed by atoms with E-state index in [2.05, 4.69) is 5.32 Å². The Kier molecular flexibility index (Phi) is 7.78. The fourth-order valence-corrected chi connectivity index (χ4v) is 4.87. The monoisotopic (exact) mass is 398 g/mol. The number of piperidine rings is 1. The minimum Gasteiger partial charge on any atom is -0.735 e. The van der Waals surface area contributed by atoms with Crippen molar-refractivity contribution in [1.29, 1.82) is 0 Å². The standard InChI is InChI=1S/C12H17N4O6PS.Na/c13-23(19,15-24(20,21)22)16-8-4-7-10(12(16)18)14-11(17)9-5-2-1-3-6-9;/h1-3,5-6,10H,4,7-8H2,(H,14,17)(H3,13,15,19)(H,20,21,22);/q;+1/p-1/t10-,23?;/m0./s1. The van der Waals surface area contributed by atoms with Crippen LogP contribution in [0.3, 0.4) is 0 Å². The van der Waals surface area contributed by atoms with Gasteiger partial charge in [-0.2, -0.15) is 0 Å². The number of nitrogens with one attached hydrogen (secondary N) is 2. The molecule has 1 fully saturated rings. The number of benzene rings is 1. The van der Waals surface area contributed by atoms with Crippen LogP contribution < -0.4 is 44.9 Å². The summed E-state index contributed by atoms with van der Waals surface area (Å²) in [6.45, 7) is -0.0904. The minimum atomic E-state index is -5.11. The van der Waals surface area contributed by atoms with Crippen molar-refractivity contribution in [3.63, 3.8) is 0 Å². The molecule has 1 unspecified atom stereocenters. The van der Waals surface area contributed by atoms with Crippen molar-refractivity contribution in [1.82, 2.24) is 14.5 Å². The van der Waals surface area contributed by atoms with Gasteiger partial charge in [0.1, 0.15) is 6.04 Å². The Labute approximate surface area is 167 Å². The average molecular weight is 398 g/mol. The Bertz CT molecular complexity index is 790. The van der Waals surface area contributed by atoms with Gasteiger partial charge >= 0.3 is 37.2 Å². The third-order valence-corrected chi connectivity index (χ3v) is 6.41. The largest absolute Gasteiger partial charge is 1.00 e. The van der Waals surface area contributed by atoms with Crippen LogP contribution in [0.4, 0.5) is 0 Å². The Morgan fingerprint density at radius 2 is 1.92 bits per heavy atom. The van der Waals surface area contributed by atoms with Crippen LogP contribution in [-0.4, -0.2) is 42.0 Å². The van der Waals surface area contributed by atoms with Crippen LogP contribution in [0.25, 0.3) is 0 Å². The maximum atomic E-state index is 12.3. The molecule has 0 spiro atoms. The van der Waals surface area contributed by atoms with E-state index in [1.165, 1.54) is 4.49 Å². The van der Waals surface area contributed by atoms with Gasteiger partial charge in [-0.25, -0.2) is 8.42 Å². The molecule has 1 aromatic rings. The SMILES string of the molecule is NP(=O)(NS(=O)(=O)[O-])N1CCC[C@H](NC(=O)c2ccccc2)C1=O.[Na+]. The van der Waals surface area contributed by atoms with Crippen LogP contribution >= 0.6 is 7.59 Å². The Morgan fingerprint density at radius 3 is 2.48 bits per heavy atom. The Morgan fingerprint density at radius 1 is 1.32 bits per heavy atom. The first-order valence-electron chi connectivity index (χ1n) is 6.91. The molecule has 2 amide bonds. The topological polar surface area (TPSA) is 162 Å². The zero-order chi connectivity index (χ0) is 18.0. The number of carbonyl (C=O) groups excluding carboxylic acids is 2. The quantitative estimate of drug-likeness (QED) is 0.264. The van der Waals surface area contributed by atoms with Gasteiger partial charge in [-0.15, -0.1) is 4.49 Å². The van der Waals surface area contributed by atoms with E-state index in [1.807, 2.05) is 0 Å². The molecule has 0 aliphatic carbocycles. The van der Waals surface area contributed by atoms with Crippen LogP contribution in [0.2, 0.25) is 0 Å². The Balaban J connectivity index is 0.00000312. The molecule has 13 heteroatoms. The molecule has 1 aliphatic rings. The van der Waals surface area contributed by atoms with Crippen molar-refractivity contribution in [3.05, 3.63) is 35.9 Å². The van der Waals surface area contributed by atoms with E-state index in [-0.39, 0.29) is 42.5 Å². The second kappa shape index (κ2) is 8.74. The molecule has 0 aromatic heterocycles. The van der Waals surface area contributed by atoms with Crippen molar-refractivity contribution in [2.45, 2.75) is 18.9 Å². The van der Waals surface area contributed by atoms with Crippen LogP contribution in [0.1, 0.15) is 23.2 Å². The van der Waals surface area contributed by atoms with Crippen LogP contribution in [-0.2, 0) is 19.7 Å². The van der Waals surface area contributed by atoms with Gasteiger partial charge in [0.15, 0.2) is 10.3 Å². The number of carbonyl (C=O) groups is 2. The van der Waals surface area contributed by atoms with Gasteiger partial charge in [-0.3, -0.25) is 24.3 Å². The van der Waals surface area contributed by atoms with E-state index >= 15 is 0 Å². The molecule has 25 heavy (non-hydrogen) atoms. The maximum absolute atomic E-state index is 12.3. The predicted octanol–water partition coefficient (Wildman–Crippen LogP) is -3.47. The molecule has 2 rings (SSSR count). The number of rotatable bonds is 5. The van der Waals surface area contributed by atoms with Crippen LogP contribution in [0, 0.1) is 0 Å². The minimum absolute atomic E-state index is 0. The molecule has 10 nitrogen and oxygen atoms in total. The van der Waals surface area contributed by atoms with Crippen molar-refractivity contribution >= 4 is 29.7 Å². The summed E-state index contributed by atoms with van der Waals surface area (Å²) in [6, 6.07) is 7.13. The van der Waals surface area contributed by atoms with Gasteiger partial charge in [-0.05, 0) is 25.0 Å². The smallest absolute Gasteiger partial charge is 0.735 e. The fraction of sp³-hybridized carbons (Fsp3) is 0.333. The van der Waals surface area contributed by atoms with E-state index < -0.39 is 35.8 Å². The molecule has 1 heterocycles. The molecule has 2 atom stereocenters. The van der Waals surface area contributed by atoms with Gasteiger partial charge in [0.25, 0.3) is 11.8 Å². The summed E-state index contributed by atoms with van der Waals surface area (Å²) in [5.74, 6) is -1.32. The van der Waals surface area contributed by atoms with Crippen molar-refractivity contribution in [2.24, 2.45) is 5.50 Å². The van der Waals surface area contributed by atoms with Crippen LogP contribution in [0.5, 0.6) is 0 Å². The average Bonchev–Trinajstić information content (AvgIpc) is 2.47. The third kappa shape index (κ3) is 6.15.